The van der Waals surface area contributed by atoms with E-state index in [-0.39, 0.29) is 5.75 Å². The van der Waals surface area contributed by atoms with Crippen LogP contribution in [0.5, 0.6) is 5.75 Å². The van der Waals surface area contributed by atoms with E-state index in [9.17, 15) is 19.8 Å². The van der Waals surface area contributed by atoms with Gasteiger partial charge in [-0.15, -0.1) is 0 Å². The molecule has 0 heterocycles. The smallest absolute Gasteiger partial charge is 0.348 e. The number of carbonyl (C=O) groups excluding carboxylic acids is 2. The van der Waals surface area contributed by atoms with Gasteiger partial charge in [0.1, 0.15) is 5.75 Å². The van der Waals surface area contributed by atoms with E-state index < -0.39 is 34.8 Å². The lowest BCUT2D eigenvalue weighted by molar-refractivity contribution is -0.160. The van der Waals surface area contributed by atoms with Gasteiger partial charge in [-0.05, 0) is 34.1 Å². The Labute approximate surface area is 207 Å². The van der Waals surface area contributed by atoms with E-state index in [1.807, 2.05) is 41.5 Å². The first-order valence-corrected chi connectivity index (χ1v) is 11.7. The molecule has 3 rings (SSSR count). The standard InChI is InChI=1S/C30H34O5/c1-28(2,3)23-17-20(18-24(26(23)32)29(4,5)6)25(31)19-35-27(33)30(34,21-13-9-7-10-14-21)22-15-11-8-12-16-22/h7-18,32,34H,19H2,1-6H3. The van der Waals surface area contributed by atoms with E-state index in [1.165, 1.54) is 0 Å². The molecular weight excluding hydrogens is 440 g/mol. The van der Waals surface area contributed by atoms with E-state index in [0.29, 0.717) is 27.8 Å². The lowest BCUT2D eigenvalue weighted by atomic mass is 9.78. The summed E-state index contributed by atoms with van der Waals surface area (Å²) < 4.78 is 5.41. The third kappa shape index (κ3) is 5.46. The number of hydrogen-bond donors (Lipinski definition) is 2. The summed E-state index contributed by atoms with van der Waals surface area (Å²) in [4.78, 5) is 26.4. The lowest BCUT2D eigenvalue weighted by Crippen LogP contribution is -2.39. The van der Waals surface area contributed by atoms with E-state index in [1.54, 1.807) is 72.8 Å². The Kier molecular flexibility index (Phi) is 7.23. The number of esters is 1. The lowest BCUT2D eigenvalue weighted by Gasteiger charge is -2.28. The van der Waals surface area contributed by atoms with Crippen molar-refractivity contribution >= 4 is 11.8 Å². The first-order valence-electron chi connectivity index (χ1n) is 11.7. The van der Waals surface area contributed by atoms with Gasteiger partial charge in [-0.1, -0.05) is 102 Å². The summed E-state index contributed by atoms with van der Waals surface area (Å²) in [6.45, 7) is 11.2. The van der Waals surface area contributed by atoms with Crippen molar-refractivity contribution in [3.8, 4) is 5.75 Å². The molecule has 0 unspecified atom stereocenters. The second-order valence-electron chi connectivity index (χ2n) is 10.9. The minimum absolute atomic E-state index is 0.168. The van der Waals surface area contributed by atoms with Crippen molar-refractivity contribution < 1.29 is 24.5 Å². The van der Waals surface area contributed by atoms with Crippen LogP contribution in [0.3, 0.4) is 0 Å². The van der Waals surface area contributed by atoms with Crippen molar-refractivity contribution in [3.63, 3.8) is 0 Å². The second-order valence-corrected chi connectivity index (χ2v) is 10.9. The minimum atomic E-state index is -2.06. The Balaban J connectivity index is 1.94. The number of Topliss-reactive ketones (excluding diaryl/α,β-unsaturated/α-hetero) is 1. The number of benzene rings is 3. The molecule has 0 bridgehead atoms. The molecule has 5 nitrogen and oxygen atoms in total. The van der Waals surface area contributed by atoms with E-state index in [2.05, 4.69) is 0 Å². The highest BCUT2D eigenvalue weighted by atomic mass is 16.6. The molecule has 0 atom stereocenters. The highest BCUT2D eigenvalue weighted by Gasteiger charge is 2.42. The van der Waals surface area contributed by atoms with Crippen molar-refractivity contribution in [2.45, 2.75) is 58.0 Å². The van der Waals surface area contributed by atoms with Crippen LogP contribution in [0.25, 0.3) is 0 Å². The maximum absolute atomic E-state index is 13.2. The quantitative estimate of drug-likeness (QED) is 0.356. The van der Waals surface area contributed by atoms with Crippen molar-refractivity contribution in [1.82, 2.24) is 0 Å². The van der Waals surface area contributed by atoms with E-state index in [4.69, 9.17) is 4.74 Å². The molecule has 3 aromatic carbocycles. The van der Waals surface area contributed by atoms with Gasteiger partial charge in [-0.25, -0.2) is 4.79 Å². The Morgan fingerprint density at radius 1 is 0.743 bits per heavy atom. The van der Waals surface area contributed by atoms with Gasteiger partial charge in [0, 0.05) is 16.7 Å². The first-order chi connectivity index (χ1) is 16.3. The third-order valence-electron chi connectivity index (χ3n) is 6.06. The van der Waals surface area contributed by atoms with Gasteiger partial charge in [0.25, 0.3) is 0 Å². The number of aromatic hydroxyl groups is 1. The maximum Gasteiger partial charge on any atom is 0.348 e. The third-order valence-corrected chi connectivity index (χ3v) is 6.06. The molecule has 0 saturated heterocycles. The van der Waals surface area contributed by atoms with Crippen LogP contribution in [0.2, 0.25) is 0 Å². The number of hydrogen-bond acceptors (Lipinski definition) is 5. The number of aliphatic hydroxyl groups is 1. The summed E-state index contributed by atoms with van der Waals surface area (Å²) in [5.74, 6) is -1.19. The Bertz CT molecular complexity index is 1120. The van der Waals surface area contributed by atoms with Crippen molar-refractivity contribution in [3.05, 3.63) is 101 Å². The monoisotopic (exact) mass is 474 g/mol. The van der Waals surface area contributed by atoms with Gasteiger partial charge < -0.3 is 14.9 Å². The summed E-state index contributed by atoms with van der Waals surface area (Å²) >= 11 is 0. The molecule has 3 aromatic rings. The van der Waals surface area contributed by atoms with Crippen molar-refractivity contribution in [1.29, 1.82) is 0 Å². The van der Waals surface area contributed by atoms with Gasteiger partial charge in [0.05, 0.1) is 0 Å². The van der Waals surface area contributed by atoms with Crippen LogP contribution in [-0.4, -0.2) is 28.6 Å². The highest BCUT2D eigenvalue weighted by molar-refractivity contribution is 5.99. The Morgan fingerprint density at radius 2 is 1.14 bits per heavy atom. The zero-order chi connectivity index (χ0) is 26.0. The molecular formula is C30H34O5. The number of phenols is 1. The van der Waals surface area contributed by atoms with Crippen LogP contribution >= 0.6 is 0 Å². The average Bonchev–Trinajstić information content (AvgIpc) is 2.81. The zero-order valence-electron chi connectivity index (χ0n) is 21.3. The van der Waals surface area contributed by atoms with Gasteiger partial charge >= 0.3 is 5.97 Å². The Morgan fingerprint density at radius 3 is 1.51 bits per heavy atom. The topological polar surface area (TPSA) is 83.8 Å². The first kappa shape index (κ1) is 26.2. The number of rotatable bonds is 6. The van der Waals surface area contributed by atoms with Crippen LogP contribution < -0.4 is 0 Å². The predicted molar refractivity (Wildman–Crippen MR) is 137 cm³/mol. The summed E-state index contributed by atoms with van der Waals surface area (Å²) in [5, 5.41) is 22.4. The predicted octanol–water partition coefficient (Wildman–Crippen LogP) is 5.65. The molecule has 35 heavy (non-hydrogen) atoms. The maximum atomic E-state index is 13.2. The molecule has 184 valence electrons. The molecule has 0 aliphatic carbocycles. The average molecular weight is 475 g/mol. The molecule has 0 radical (unpaired) electrons. The summed E-state index contributed by atoms with van der Waals surface area (Å²) in [5.41, 5.74) is -0.555. The van der Waals surface area contributed by atoms with E-state index in [0.717, 1.165) is 0 Å². The van der Waals surface area contributed by atoms with Crippen LogP contribution in [0, 0.1) is 0 Å². The number of carbonyl (C=O) groups is 2. The molecule has 0 saturated carbocycles. The van der Waals surface area contributed by atoms with Crippen LogP contribution in [0.15, 0.2) is 72.8 Å². The zero-order valence-corrected chi connectivity index (χ0v) is 21.3. The van der Waals surface area contributed by atoms with Gasteiger partial charge in [-0.3, -0.25) is 4.79 Å². The normalized spacial score (nSPS) is 12.3. The summed E-state index contributed by atoms with van der Waals surface area (Å²) in [7, 11) is 0. The highest BCUT2D eigenvalue weighted by Crippen LogP contribution is 2.40. The molecule has 0 aromatic heterocycles. The van der Waals surface area contributed by atoms with Gasteiger partial charge in [0.2, 0.25) is 5.60 Å². The fraction of sp³-hybridized carbons (Fsp3) is 0.333. The Hall–Kier alpha value is -3.44. The SMILES string of the molecule is CC(C)(C)c1cc(C(=O)COC(=O)C(O)(c2ccccc2)c2ccccc2)cc(C(C)(C)C)c1O. The fourth-order valence-corrected chi connectivity index (χ4v) is 4.02. The van der Waals surface area contributed by atoms with Crippen LogP contribution in [0.1, 0.15) is 74.2 Å². The molecule has 2 N–H and O–H groups in total. The molecule has 0 fully saturated rings. The van der Waals surface area contributed by atoms with Crippen LogP contribution in [0.4, 0.5) is 0 Å². The largest absolute Gasteiger partial charge is 0.507 e. The minimum Gasteiger partial charge on any atom is -0.507 e. The van der Waals surface area contributed by atoms with Crippen LogP contribution in [-0.2, 0) is 26.0 Å². The van der Waals surface area contributed by atoms with Gasteiger partial charge in [0.15, 0.2) is 12.4 Å². The van der Waals surface area contributed by atoms with E-state index >= 15 is 0 Å². The fourth-order valence-electron chi connectivity index (χ4n) is 4.02. The molecule has 0 aliphatic rings. The summed E-state index contributed by atoms with van der Waals surface area (Å²) in [6.07, 6.45) is 0. The molecule has 0 aliphatic heterocycles. The number of ketones is 1. The second kappa shape index (κ2) is 9.67. The molecule has 0 amide bonds. The molecule has 0 spiro atoms. The summed E-state index contributed by atoms with van der Waals surface area (Å²) in [6, 6.07) is 20.3. The van der Waals surface area contributed by atoms with Gasteiger partial charge in [-0.2, -0.15) is 0 Å². The molecule has 5 heteroatoms. The number of ether oxygens (including phenoxy) is 1. The van der Waals surface area contributed by atoms with Crippen molar-refractivity contribution in [2.24, 2.45) is 0 Å². The van der Waals surface area contributed by atoms with Crippen molar-refractivity contribution in [2.75, 3.05) is 6.61 Å². The number of phenolic OH excluding ortho intramolecular Hbond substituents is 1.